The number of nitriles is 1. The molecule has 0 radical (unpaired) electrons. The fraction of sp³-hybridized carbons (Fsp3) is 0.583. The van der Waals surface area contributed by atoms with Crippen LogP contribution in [0.5, 0.6) is 0 Å². The van der Waals surface area contributed by atoms with Crippen molar-refractivity contribution >= 4 is 5.91 Å². The first kappa shape index (κ1) is 11.8. The molecule has 1 aliphatic carbocycles. The maximum Gasteiger partial charge on any atom is 0.365 e. The van der Waals surface area contributed by atoms with Crippen LogP contribution in [0, 0.1) is 18.4 Å². The third-order valence-corrected chi connectivity index (χ3v) is 3.67. The standard InChI is InChI=1S/C12H16N3O2/c1-9-11(7-14-17-9)12(16)15(2,8-13)10-5-3-4-6-10/h7,10H,3-6H2,1-2H3/q+1. The quantitative estimate of drug-likeness (QED) is 0.579. The minimum Gasteiger partial charge on any atom is -0.361 e. The molecule has 0 spiro atoms. The highest BCUT2D eigenvalue weighted by Gasteiger charge is 2.44. The predicted molar refractivity (Wildman–Crippen MR) is 59.6 cm³/mol. The van der Waals surface area contributed by atoms with E-state index in [2.05, 4.69) is 11.3 Å². The van der Waals surface area contributed by atoms with Crippen molar-refractivity contribution in [3.63, 3.8) is 0 Å². The summed E-state index contributed by atoms with van der Waals surface area (Å²) in [6.07, 6.45) is 7.61. The molecule has 0 aromatic carbocycles. The van der Waals surface area contributed by atoms with Gasteiger partial charge in [-0.3, -0.25) is 0 Å². The smallest absolute Gasteiger partial charge is 0.361 e. The van der Waals surface area contributed by atoms with Crippen molar-refractivity contribution in [2.45, 2.75) is 38.6 Å². The lowest BCUT2D eigenvalue weighted by Gasteiger charge is -2.27. The third-order valence-electron chi connectivity index (χ3n) is 3.67. The Kier molecular flexibility index (Phi) is 2.99. The van der Waals surface area contributed by atoms with E-state index in [0.29, 0.717) is 11.3 Å². The molecule has 1 heterocycles. The van der Waals surface area contributed by atoms with Crippen LogP contribution in [0.15, 0.2) is 10.7 Å². The zero-order chi connectivity index (χ0) is 12.5. The van der Waals surface area contributed by atoms with Gasteiger partial charge in [-0.2, -0.15) is 4.48 Å². The van der Waals surface area contributed by atoms with E-state index in [9.17, 15) is 10.1 Å². The van der Waals surface area contributed by atoms with Crippen molar-refractivity contribution in [3.8, 4) is 6.19 Å². The van der Waals surface area contributed by atoms with Gasteiger partial charge in [0.2, 0.25) is 0 Å². The SMILES string of the molecule is Cc1oncc1C(=O)[N+](C)(C#N)C1CCCC1. The number of quaternary nitrogens is 1. The van der Waals surface area contributed by atoms with Crippen LogP contribution in [-0.4, -0.2) is 28.6 Å². The molecule has 1 aromatic rings. The summed E-state index contributed by atoms with van der Waals surface area (Å²) in [5.41, 5.74) is 0.418. The van der Waals surface area contributed by atoms with Crippen LogP contribution in [0.3, 0.4) is 0 Å². The number of carbonyl (C=O) groups excluding carboxylic acids is 1. The second-order valence-electron chi connectivity index (χ2n) is 4.71. The Labute approximate surface area is 100 Å². The highest BCUT2D eigenvalue weighted by atomic mass is 16.5. The molecule has 1 unspecified atom stereocenters. The Bertz CT molecular complexity index is 468. The predicted octanol–water partition coefficient (Wildman–Crippen LogP) is 1.99. The summed E-state index contributed by atoms with van der Waals surface area (Å²) >= 11 is 0. The number of amides is 1. The van der Waals surface area contributed by atoms with Gasteiger partial charge in [-0.1, -0.05) is 5.16 Å². The largest absolute Gasteiger partial charge is 0.365 e. The zero-order valence-corrected chi connectivity index (χ0v) is 10.1. The third kappa shape index (κ3) is 1.85. The number of aromatic nitrogens is 1. The first-order valence-corrected chi connectivity index (χ1v) is 5.83. The molecule has 1 saturated carbocycles. The van der Waals surface area contributed by atoms with Gasteiger partial charge >= 0.3 is 12.1 Å². The summed E-state index contributed by atoms with van der Waals surface area (Å²) in [4.78, 5) is 12.4. The van der Waals surface area contributed by atoms with Crippen molar-refractivity contribution in [1.82, 2.24) is 5.16 Å². The Morgan fingerprint density at radius 1 is 1.59 bits per heavy atom. The monoisotopic (exact) mass is 234 g/mol. The molecule has 90 valence electrons. The Morgan fingerprint density at radius 3 is 2.71 bits per heavy atom. The van der Waals surface area contributed by atoms with Gasteiger partial charge in [0.15, 0.2) is 5.76 Å². The maximum atomic E-state index is 12.4. The van der Waals surface area contributed by atoms with E-state index < -0.39 is 0 Å². The molecule has 1 aromatic heterocycles. The molecular formula is C12H16N3O2+. The number of rotatable bonds is 2. The zero-order valence-electron chi connectivity index (χ0n) is 10.1. The van der Waals surface area contributed by atoms with E-state index in [0.717, 1.165) is 25.7 Å². The molecule has 1 fully saturated rings. The van der Waals surface area contributed by atoms with E-state index in [-0.39, 0.29) is 16.4 Å². The summed E-state index contributed by atoms with van der Waals surface area (Å²) in [5, 5.41) is 13.0. The average molecular weight is 234 g/mol. The molecule has 0 saturated heterocycles. The van der Waals surface area contributed by atoms with Crippen LogP contribution in [-0.2, 0) is 0 Å². The minimum atomic E-state index is -0.210. The van der Waals surface area contributed by atoms with Gasteiger partial charge in [0.1, 0.15) is 11.6 Å². The van der Waals surface area contributed by atoms with E-state index >= 15 is 0 Å². The topological polar surface area (TPSA) is 66.9 Å². The molecule has 1 aliphatic rings. The highest BCUT2D eigenvalue weighted by molar-refractivity contribution is 5.90. The van der Waals surface area contributed by atoms with Crippen LogP contribution in [0.4, 0.5) is 0 Å². The summed E-state index contributed by atoms with van der Waals surface area (Å²) in [5.74, 6) is 0.269. The van der Waals surface area contributed by atoms with Gasteiger partial charge in [-0.15, -0.1) is 5.26 Å². The van der Waals surface area contributed by atoms with Crippen molar-refractivity contribution in [1.29, 1.82) is 5.26 Å². The van der Waals surface area contributed by atoms with Gasteiger partial charge in [0, 0.05) is 12.8 Å². The number of carbonyl (C=O) groups is 1. The van der Waals surface area contributed by atoms with Crippen molar-refractivity contribution in [2.75, 3.05) is 7.05 Å². The Balaban J connectivity index is 2.33. The molecular weight excluding hydrogens is 218 g/mol. The average Bonchev–Trinajstić information content (AvgIpc) is 2.97. The van der Waals surface area contributed by atoms with Crippen molar-refractivity contribution in [2.24, 2.45) is 0 Å². The maximum absolute atomic E-state index is 12.4. The summed E-state index contributed by atoms with van der Waals surface area (Å²) in [6, 6.07) is 0.0989. The Morgan fingerprint density at radius 2 is 2.24 bits per heavy atom. The molecule has 1 amide bonds. The first-order valence-electron chi connectivity index (χ1n) is 5.83. The number of hydrogen-bond acceptors (Lipinski definition) is 4. The molecule has 2 rings (SSSR count). The first-order chi connectivity index (χ1) is 8.09. The highest BCUT2D eigenvalue weighted by Crippen LogP contribution is 2.30. The second kappa shape index (κ2) is 4.30. The van der Waals surface area contributed by atoms with Crippen molar-refractivity contribution < 1.29 is 13.8 Å². The molecule has 0 aliphatic heterocycles. The lowest BCUT2D eigenvalue weighted by atomic mass is 10.1. The van der Waals surface area contributed by atoms with E-state index in [1.165, 1.54) is 6.20 Å². The lowest BCUT2D eigenvalue weighted by Crippen LogP contribution is -2.51. The van der Waals surface area contributed by atoms with Crippen LogP contribution in [0.25, 0.3) is 0 Å². The molecule has 0 bridgehead atoms. The molecule has 0 N–H and O–H groups in total. The summed E-state index contributed by atoms with van der Waals surface area (Å²) < 4.78 is 4.69. The van der Waals surface area contributed by atoms with Gasteiger partial charge in [-0.25, -0.2) is 4.79 Å². The van der Waals surface area contributed by atoms with E-state index in [4.69, 9.17) is 4.52 Å². The van der Waals surface area contributed by atoms with Gasteiger partial charge in [-0.05, 0) is 19.8 Å². The number of nitrogens with zero attached hydrogens (tertiary/aromatic N) is 3. The molecule has 1 atom stereocenters. The van der Waals surface area contributed by atoms with Crippen molar-refractivity contribution in [3.05, 3.63) is 17.5 Å². The molecule has 5 heteroatoms. The lowest BCUT2D eigenvalue weighted by molar-refractivity contribution is -0.788. The van der Waals surface area contributed by atoms with Gasteiger partial charge in [0.05, 0.1) is 13.2 Å². The fourth-order valence-corrected chi connectivity index (χ4v) is 2.47. The van der Waals surface area contributed by atoms with Crippen LogP contribution < -0.4 is 0 Å². The fourth-order valence-electron chi connectivity index (χ4n) is 2.47. The van der Waals surface area contributed by atoms with Crippen LogP contribution in [0.1, 0.15) is 41.8 Å². The number of hydrogen-bond donors (Lipinski definition) is 0. The molecule has 17 heavy (non-hydrogen) atoms. The Hall–Kier alpha value is -1.67. The second-order valence-corrected chi connectivity index (χ2v) is 4.71. The van der Waals surface area contributed by atoms with Gasteiger partial charge in [0.25, 0.3) is 0 Å². The molecule has 5 nitrogen and oxygen atoms in total. The summed E-state index contributed by atoms with van der Waals surface area (Å²) in [7, 11) is 1.69. The minimum absolute atomic E-state index is 0.0989. The number of aryl methyl sites for hydroxylation is 1. The van der Waals surface area contributed by atoms with Crippen LogP contribution in [0.2, 0.25) is 0 Å². The van der Waals surface area contributed by atoms with Crippen LogP contribution >= 0.6 is 0 Å². The van der Waals surface area contributed by atoms with E-state index in [1.807, 2.05) is 0 Å². The summed E-state index contributed by atoms with van der Waals surface area (Å²) in [6.45, 7) is 1.69. The van der Waals surface area contributed by atoms with Gasteiger partial charge < -0.3 is 4.52 Å². The normalized spacial score (nSPS) is 19.8. The van der Waals surface area contributed by atoms with E-state index in [1.54, 1.807) is 14.0 Å².